The van der Waals surface area contributed by atoms with Crippen molar-refractivity contribution in [1.82, 2.24) is 10.2 Å². The number of hydrogen-bond acceptors (Lipinski definition) is 3. The average Bonchev–Trinajstić information content (AvgIpc) is 2.80. The van der Waals surface area contributed by atoms with E-state index >= 15 is 0 Å². The fourth-order valence-corrected chi connectivity index (χ4v) is 4.70. The molecule has 0 aliphatic carbocycles. The smallest absolute Gasteiger partial charge is 0.256 e. The standard InChI is InChI=1S/C24H26ClFN2O3/c25-19-6-7-21(26)20(14-19)23(30)28-11-9-24(10-12-28)15-17(8-13-31-24)16-27-22(29)18-4-2-1-3-5-18/h1-7,14,17H,8-13,15-16H2,(H,27,29). The summed E-state index contributed by atoms with van der Waals surface area (Å²) in [6.07, 6.45) is 3.14. The van der Waals surface area contributed by atoms with Gasteiger partial charge in [0.2, 0.25) is 0 Å². The zero-order chi connectivity index (χ0) is 21.8. The maximum Gasteiger partial charge on any atom is 0.256 e. The summed E-state index contributed by atoms with van der Waals surface area (Å²) in [5.74, 6) is -0.630. The van der Waals surface area contributed by atoms with E-state index in [1.54, 1.807) is 17.0 Å². The number of amides is 2. The van der Waals surface area contributed by atoms with E-state index in [4.69, 9.17) is 16.3 Å². The van der Waals surface area contributed by atoms with Crippen LogP contribution in [0.4, 0.5) is 4.39 Å². The summed E-state index contributed by atoms with van der Waals surface area (Å²) in [5.41, 5.74) is 0.378. The molecular weight excluding hydrogens is 419 g/mol. The van der Waals surface area contributed by atoms with Gasteiger partial charge in [-0.3, -0.25) is 9.59 Å². The number of halogens is 2. The van der Waals surface area contributed by atoms with Gasteiger partial charge in [0, 0.05) is 36.8 Å². The molecule has 2 aliphatic heterocycles. The maximum atomic E-state index is 14.1. The Kier molecular flexibility index (Phi) is 6.58. The van der Waals surface area contributed by atoms with E-state index in [1.165, 1.54) is 18.2 Å². The first-order valence-electron chi connectivity index (χ1n) is 10.7. The topological polar surface area (TPSA) is 58.6 Å². The van der Waals surface area contributed by atoms with Crippen LogP contribution in [0.1, 0.15) is 46.4 Å². The molecule has 1 spiro atoms. The molecule has 7 heteroatoms. The SMILES string of the molecule is O=C(NCC1CCOC2(CCN(C(=O)c3cc(Cl)ccc3F)CC2)C1)c1ccccc1. The lowest BCUT2D eigenvalue weighted by molar-refractivity contribution is -0.122. The number of nitrogens with one attached hydrogen (secondary N) is 1. The fourth-order valence-electron chi connectivity index (χ4n) is 4.53. The Hall–Kier alpha value is -2.44. The highest BCUT2D eigenvalue weighted by atomic mass is 35.5. The Morgan fingerprint density at radius 2 is 1.90 bits per heavy atom. The van der Waals surface area contributed by atoms with Crippen molar-refractivity contribution in [2.24, 2.45) is 5.92 Å². The van der Waals surface area contributed by atoms with Crippen LogP contribution in [0.3, 0.4) is 0 Å². The van der Waals surface area contributed by atoms with Crippen molar-refractivity contribution in [1.29, 1.82) is 0 Å². The van der Waals surface area contributed by atoms with Crippen molar-refractivity contribution in [2.45, 2.75) is 31.3 Å². The minimum absolute atomic E-state index is 0.00881. The predicted octanol–water partition coefficient (Wildman–Crippen LogP) is 4.31. The van der Waals surface area contributed by atoms with Gasteiger partial charge < -0.3 is 15.0 Å². The van der Waals surface area contributed by atoms with Gasteiger partial charge in [-0.15, -0.1) is 0 Å². The molecule has 0 radical (unpaired) electrons. The summed E-state index contributed by atoms with van der Waals surface area (Å²) in [6, 6.07) is 13.2. The third-order valence-corrected chi connectivity index (χ3v) is 6.54. The molecule has 1 atom stereocenters. The molecule has 2 aromatic carbocycles. The van der Waals surface area contributed by atoms with Crippen molar-refractivity contribution < 1.29 is 18.7 Å². The zero-order valence-corrected chi connectivity index (χ0v) is 18.0. The molecule has 2 saturated heterocycles. The van der Waals surface area contributed by atoms with Crippen LogP contribution in [0.15, 0.2) is 48.5 Å². The van der Waals surface area contributed by atoms with Crippen molar-refractivity contribution >= 4 is 23.4 Å². The summed E-state index contributed by atoms with van der Waals surface area (Å²) >= 11 is 5.94. The summed E-state index contributed by atoms with van der Waals surface area (Å²) in [5, 5.41) is 3.38. The van der Waals surface area contributed by atoms with Crippen LogP contribution >= 0.6 is 11.6 Å². The quantitative estimate of drug-likeness (QED) is 0.764. The predicted molar refractivity (Wildman–Crippen MR) is 117 cm³/mol. The van der Waals surface area contributed by atoms with Crippen molar-refractivity contribution in [3.63, 3.8) is 0 Å². The second-order valence-corrected chi connectivity index (χ2v) is 8.82. The lowest BCUT2D eigenvalue weighted by Crippen LogP contribution is -2.51. The van der Waals surface area contributed by atoms with E-state index in [2.05, 4.69) is 5.32 Å². The number of nitrogens with zero attached hydrogens (tertiary/aromatic N) is 1. The van der Waals surface area contributed by atoms with Crippen molar-refractivity contribution in [3.8, 4) is 0 Å². The molecule has 164 valence electrons. The molecule has 2 aromatic rings. The average molecular weight is 445 g/mol. The molecule has 2 aliphatic rings. The molecule has 0 aromatic heterocycles. The van der Waals surface area contributed by atoms with Crippen LogP contribution in [-0.2, 0) is 4.74 Å². The van der Waals surface area contributed by atoms with Crippen LogP contribution < -0.4 is 5.32 Å². The van der Waals surface area contributed by atoms with Gasteiger partial charge in [-0.25, -0.2) is 4.39 Å². The van der Waals surface area contributed by atoms with Gasteiger partial charge >= 0.3 is 0 Å². The van der Waals surface area contributed by atoms with Crippen molar-refractivity contribution in [3.05, 3.63) is 70.5 Å². The van der Waals surface area contributed by atoms with Gasteiger partial charge in [-0.05, 0) is 61.9 Å². The Balaban J connectivity index is 1.32. The second kappa shape index (κ2) is 9.37. The molecule has 1 unspecified atom stereocenters. The fraction of sp³-hybridized carbons (Fsp3) is 0.417. The van der Waals surface area contributed by atoms with Gasteiger partial charge in [-0.1, -0.05) is 29.8 Å². The maximum absolute atomic E-state index is 14.1. The lowest BCUT2D eigenvalue weighted by atomic mass is 9.79. The molecule has 4 rings (SSSR count). The molecule has 31 heavy (non-hydrogen) atoms. The van der Waals surface area contributed by atoms with E-state index in [1.807, 2.05) is 18.2 Å². The van der Waals surface area contributed by atoms with Gasteiger partial charge in [0.15, 0.2) is 0 Å². The zero-order valence-electron chi connectivity index (χ0n) is 17.3. The molecule has 1 N–H and O–H groups in total. The number of carbonyl (C=O) groups is 2. The molecule has 5 nitrogen and oxygen atoms in total. The molecule has 2 amide bonds. The molecular formula is C24H26ClFN2O3. The van der Waals surface area contributed by atoms with Crippen LogP contribution in [0.25, 0.3) is 0 Å². The van der Waals surface area contributed by atoms with E-state index in [0.717, 1.165) is 12.8 Å². The largest absolute Gasteiger partial charge is 0.375 e. The number of piperidine rings is 1. The summed E-state index contributed by atoms with van der Waals surface area (Å²) < 4.78 is 20.2. The van der Waals surface area contributed by atoms with Gasteiger partial charge in [0.25, 0.3) is 11.8 Å². The molecule has 0 saturated carbocycles. The van der Waals surface area contributed by atoms with Gasteiger partial charge in [-0.2, -0.15) is 0 Å². The van der Waals surface area contributed by atoms with E-state index in [9.17, 15) is 14.0 Å². The highest BCUT2D eigenvalue weighted by Gasteiger charge is 2.41. The van der Waals surface area contributed by atoms with Gasteiger partial charge in [0.05, 0.1) is 11.2 Å². The van der Waals surface area contributed by atoms with Crippen LogP contribution in [0.2, 0.25) is 5.02 Å². The number of hydrogen-bond donors (Lipinski definition) is 1. The first-order valence-corrected chi connectivity index (χ1v) is 11.1. The monoisotopic (exact) mass is 444 g/mol. The Bertz CT molecular complexity index is 945. The third-order valence-electron chi connectivity index (χ3n) is 6.30. The Labute approximate surface area is 186 Å². The number of ether oxygens (including phenoxy) is 1. The van der Waals surface area contributed by atoms with Crippen molar-refractivity contribution in [2.75, 3.05) is 26.2 Å². The molecule has 0 bridgehead atoms. The second-order valence-electron chi connectivity index (χ2n) is 8.38. The van der Waals surface area contributed by atoms with Gasteiger partial charge in [0.1, 0.15) is 5.82 Å². The van der Waals surface area contributed by atoms with E-state index < -0.39 is 5.82 Å². The van der Waals surface area contributed by atoms with E-state index in [-0.39, 0.29) is 23.0 Å². The number of likely N-dealkylation sites (tertiary alicyclic amines) is 1. The summed E-state index contributed by atoms with van der Waals surface area (Å²) in [7, 11) is 0. The minimum atomic E-state index is -0.558. The van der Waals surface area contributed by atoms with Crippen LogP contribution in [0.5, 0.6) is 0 Å². The van der Waals surface area contributed by atoms with E-state index in [0.29, 0.717) is 55.6 Å². The third kappa shape index (κ3) is 5.08. The van der Waals surface area contributed by atoms with Crippen LogP contribution in [-0.4, -0.2) is 48.6 Å². The summed E-state index contributed by atoms with van der Waals surface area (Å²) in [4.78, 5) is 26.8. The molecule has 2 fully saturated rings. The first-order chi connectivity index (χ1) is 15.0. The van der Waals surface area contributed by atoms with Crippen LogP contribution in [0, 0.1) is 11.7 Å². The molecule has 2 heterocycles. The number of benzene rings is 2. The Morgan fingerprint density at radius 1 is 1.16 bits per heavy atom. The lowest BCUT2D eigenvalue weighted by Gasteiger charge is -2.46. The summed E-state index contributed by atoms with van der Waals surface area (Å²) in [6.45, 7) is 2.26. The normalized spacial score (nSPS) is 20.5. The Morgan fingerprint density at radius 3 is 2.65 bits per heavy atom. The number of carbonyl (C=O) groups excluding carboxylic acids is 2. The highest BCUT2D eigenvalue weighted by Crippen LogP contribution is 2.38. The first kappa shape index (κ1) is 21.8. The highest BCUT2D eigenvalue weighted by molar-refractivity contribution is 6.31. The number of rotatable bonds is 4. The minimum Gasteiger partial charge on any atom is -0.375 e.